The molecule has 70 heavy (non-hydrogen) atoms. The molecule has 0 N–H and O–H groups in total. The fourth-order valence-corrected chi connectivity index (χ4v) is 9.72. The minimum Gasteiger partial charge on any atom is -0.314 e. The van der Waals surface area contributed by atoms with E-state index in [1.54, 1.807) is 0 Å². The first-order valence-electron chi connectivity index (χ1n) is 25.4. The van der Waals surface area contributed by atoms with Gasteiger partial charge in [-0.3, -0.25) is 0 Å². The van der Waals surface area contributed by atoms with Gasteiger partial charge in [-0.05, 0) is 157 Å². The number of nitrogens with zero attached hydrogens (tertiary/aromatic N) is 1. The SMILES string of the molecule is C/C=C\C(=C(C)C)c1ccccc1C.C=C/C(=C\C=C(C)C)C1=CC=C(N(c2ccc(-c3ccccc3)cc2)c2ccc3c(c2)C2(C=C(C)c4ccccc42)c2ccccc2-3)C(C)C=C1.CC.CCC. The van der Waals surface area contributed by atoms with Crippen molar-refractivity contribution in [1.29, 1.82) is 0 Å². The molecule has 6 aromatic rings. The van der Waals surface area contributed by atoms with Crippen LogP contribution in [0.5, 0.6) is 0 Å². The summed E-state index contributed by atoms with van der Waals surface area (Å²) < 4.78 is 0. The number of allylic oxidation sites excluding steroid dienone is 16. The van der Waals surface area contributed by atoms with Crippen LogP contribution in [0.4, 0.5) is 11.4 Å². The number of benzene rings is 6. The second kappa shape index (κ2) is 24.4. The Morgan fingerprint density at radius 1 is 0.643 bits per heavy atom. The normalized spacial score (nSPS) is 16.0. The summed E-state index contributed by atoms with van der Waals surface area (Å²) in [6.07, 6.45) is 23.4. The lowest BCUT2D eigenvalue weighted by atomic mass is 9.74. The molecule has 0 bridgehead atoms. The van der Waals surface area contributed by atoms with E-state index in [9.17, 15) is 0 Å². The van der Waals surface area contributed by atoms with Gasteiger partial charge in [-0.25, -0.2) is 0 Å². The predicted molar refractivity (Wildman–Crippen MR) is 310 cm³/mol. The fourth-order valence-electron chi connectivity index (χ4n) is 9.72. The van der Waals surface area contributed by atoms with Crippen LogP contribution in [0, 0.1) is 12.8 Å². The lowest BCUT2D eigenvalue weighted by molar-refractivity contribution is 0.814. The number of fused-ring (bicyclic) bond motifs is 7. The Labute approximate surface area is 422 Å². The van der Waals surface area contributed by atoms with Gasteiger partial charge in [0.25, 0.3) is 0 Å². The van der Waals surface area contributed by atoms with Gasteiger partial charge >= 0.3 is 0 Å². The van der Waals surface area contributed by atoms with Crippen LogP contribution in [0.3, 0.4) is 0 Å². The van der Waals surface area contributed by atoms with Gasteiger partial charge in [0.05, 0.1) is 5.41 Å². The molecule has 3 aliphatic carbocycles. The molecule has 0 amide bonds. The summed E-state index contributed by atoms with van der Waals surface area (Å²) in [5.41, 5.74) is 23.8. The van der Waals surface area contributed by atoms with E-state index in [0.29, 0.717) is 0 Å². The van der Waals surface area contributed by atoms with Crippen molar-refractivity contribution < 1.29 is 0 Å². The monoisotopic (exact) mass is 918 g/mol. The Hall–Kier alpha value is -7.22. The van der Waals surface area contributed by atoms with Gasteiger partial charge in [-0.2, -0.15) is 0 Å². The van der Waals surface area contributed by atoms with Crippen molar-refractivity contribution in [2.24, 2.45) is 5.92 Å². The third-order valence-corrected chi connectivity index (χ3v) is 13.0. The molecule has 0 heterocycles. The smallest absolute Gasteiger partial charge is 0.0656 e. The van der Waals surface area contributed by atoms with Gasteiger partial charge < -0.3 is 4.90 Å². The number of rotatable bonds is 9. The van der Waals surface area contributed by atoms with Crippen molar-refractivity contribution in [3.05, 3.63) is 274 Å². The highest BCUT2D eigenvalue weighted by atomic mass is 15.2. The standard InChI is InChI=1S/C50H43N.C14H18.C3H8.C2H6/c1-6-37(22-20-34(2)3)39-23-21-35(4)49(31-26-39)51(41-27-24-40(25-28-41)38-14-8-7-9-15-38)42-29-30-45-44-17-11-13-19-47(44)50(48(45)32-42)33-36(5)43-16-10-12-18-46(43)50;1-5-8-13(11(2)3)14-10-7-6-9-12(14)4;1-3-2;1-2/h6-33,35H,1H2,2-5H3;5-10H,1-4H3;3H2,1-2H3;1-2H3/b37-22+;8-5-;;. The number of hydrogen-bond donors (Lipinski definition) is 0. The second-order valence-electron chi connectivity index (χ2n) is 18.6. The first-order chi connectivity index (χ1) is 34.0. The molecule has 1 nitrogen and oxygen atoms in total. The molecule has 2 unspecified atom stereocenters. The average molecular weight is 918 g/mol. The molecule has 6 aromatic carbocycles. The predicted octanol–water partition coefficient (Wildman–Crippen LogP) is 20.1. The van der Waals surface area contributed by atoms with Gasteiger partial charge in [0, 0.05) is 23.0 Å². The number of hydrogen-bond acceptors (Lipinski definition) is 1. The third-order valence-electron chi connectivity index (χ3n) is 13.0. The zero-order valence-electron chi connectivity index (χ0n) is 44.1. The van der Waals surface area contributed by atoms with Crippen LogP contribution in [0.2, 0.25) is 0 Å². The van der Waals surface area contributed by atoms with Crippen LogP contribution < -0.4 is 4.90 Å². The van der Waals surface area contributed by atoms with Crippen molar-refractivity contribution >= 4 is 22.5 Å². The highest BCUT2D eigenvalue weighted by Gasteiger charge is 2.47. The molecule has 3 aliphatic rings. The molecule has 1 heteroatoms. The van der Waals surface area contributed by atoms with Crippen molar-refractivity contribution in [1.82, 2.24) is 0 Å². The van der Waals surface area contributed by atoms with E-state index in [4.69, 9.17) is 0 Å². The zero-order valence-corrected chi connectivity index (χ0v) is 44.1. The fraction of sp³-hybridized carbons (Fsp3) is 0.217. The maximum Gasteiger partial charge on any atom is 0.0656 e. The first-order valence-corrected chi connectivity index (χ1v) is 25.4. The van der Waals surface area contributed by atoms with E-state index in [0.717, 1.165) is 22.5 Å². The molecule has 9 rings (SSSR count). The summed E-state index contributed by atoms with van der Waals surface area (Å²) in [4.78, 5) is 2.46. The van der Waals surface area contributed by atoms with E-state index in [-0.39, 0.29) is 11.3 Å². The van der Waals surface area contributed by atoms with Gasteiger partial charge in [-0.1, -0.05) is 235 Å². The molecule has 2 atom stereocenters. The summed E-state index contributed by atoms with van der Waals surface area (Å²) >= 11 is 0. The first kappa shape index (κ1) is 52.2. The minimum absolute atomic E-state index is 0.149. The lowest BCUT2D eigenvalue weighted by Crippen LogP contribution is -2.24. The molecule has 1 spiro atoms. The van der Waals surface area contributed by atoms with Crippen molar-refractivity contribution in [3.8, 4) is 22.3 Å². The molecule has 0 radical (unpaired) electrons. The Kier molecular flexibility index (Phi) is 18.2. The molecule has 0 aromatic heterocycles. The summed E-state index contributed by atoms with van der Waals surface area (Å²) in [6, 6.07) is 53.2. The number of aryl methyl sites for hydroxylation is 1. The average Bonchev–Trinajstić information content (AvgIpc) is 3.75. The lowest BCUT2D eigenvalue weighted by Gasteiger charge is -2.32. The van der Waals surface area contributed by atoms with Crippen molar-refractivity contribution in [3.63, 3.8) is 0 Å². The van der Waals surface area contributed by atoms with Crippen LogP contribution in [0.25, 0.3) is 33.4 Å². The van der Waals surface area contributed by atoms with Crippen LogP contribution >= 0.6 is 0 Å². The van der Waals surface area contributed by atoms with Crippen LogP contribution in [-0.2, 0) is 5.41 Å². The van der Waals surface area contributed by atoms with Gasteiger partial charge in [0.1, 0.15) is 0 Å². The quantitative estimate of drug-likeness (QED) is 0.131. The molecule has 0 saturated carbocycles. The molecule has 0 aliphatic heterocycles. The molecule has 356 valence electrons. The molecule has 0 fully saturated rings. The Balaban J connectivity index is 0.000000359. The topological polar surface area (TPSA) is 3.24 Å². The van der Waals surface area contributed by atoms with E-state index < -0.39 is 0 Å². The molecule has 0 saturated heterocycles. The minimum atomic E-state index is -0.337. The highest BCUT2D eigenvalue weighted by molar-refractivity contribution is 5.93. The summed E-state index contributed by atoms with van der Waals surface area (Å²) in [6.45, 7) is 29.7. The van der Waals surface area contributed by atoms with Crippen LogP contribution in [0.15, 0.2) is 241 Å². The Morgan fingerprint density at radius 3 is 1.84 bits per heavy atom. The van der Waals surface area contributed by atoms with E-state index in [2.05, 4.69) is 281 Å². The van der Waals surface area contributed by atoms with Crippen molar-refractivity contribution in [2.75, 3.05) is 4.90 Å². The Bertz CT molecular complexity index is 3020. The maximum absolute atomic E-state index is 4.14. The number of anilines is 2. The summed E-state index contributed by atoms with van der Waals surface area (Å²) in [5, 5.41) is 0. The van der Waals surface area contributed by atoms with Gasteiger partial charge in [0.2, 0.25) is 0 Å². The van der Waals surface area contributed by atoms with E-state index >= 15 is 0 Å². The largest absolute Gasteiger partial charge is 0.314 e. The summed E-state index contributed by atoms with van der Waals surface area (Å²) in [7, 11) is 0. The van der Waals surface area contributed by atoms with Crippen LogP contribution in [-0.4, -0.2) is 0 Å². The zero-order chi connectivity index (χ0) is 50.4. The van der Waals surface area contributed by atoms with Crippen molar-refractivity contribution in [2.45, 2.75) is 94.9 Å². The highest BCUT2D eigenvalue weighted by Crippen LogP contribution is 2.59. The van der Waals surface area contributed by atoms with Gasteiger partial charge in [-0.15, -0.1) is 0 Å². The van der Waals surface area contributed by atoms with Gasteiger partial charge in [0.15, 0.2) is 0 Å². The summed E-state index contributed by atoms with van der Waals surface area (Å²) in [5.74, 6) is 0.149. The van der Waals surface area contributed by atoms with E-state index in [1.165, 1.54) is 90.0 Å². The molecular formula is C69H75N. The van der Waals surface area contributed by atoms with Crippen LogP contribution in [0.1, 0.15) is 116 Å². The Morgan fingerprint density at radius 2 is 1.21 bits per heavy atom. The third kappa shape index (κ3) is 11.1. The molecular weight excluding hydrogens is 843 g/mol. The van der Waals surface area contributed by atoms with E-state index in [1.807, 2.05) is 19.9 Å². The second-order valence-corrected chi connectivity index (χ2v) is 18.6. The maximum atomic E-state index is 4.14.